The first-order valence-corrected chi connectivity index (χ1v) is 7.71. The van der Waals surface area contributed by atoms with Gasteiger partial charge in [-0.15, -0.1) is 0 Å². The highest BCUT2D eigenvalue weighted by Crippen LogP contribution is 2.21. The number of carbonyl (C=O) groups excluding carboxylic acids is 4. The Kier molecular flexibility index (Phi) is 6.05. The summed E-state index contributed by atoms with van der Waals surface area (Å²) in [4.78, 5) is 51.4. The van der Waals surface area contributed by atoms with Gasteiger partial charge in [0.2, 0.25) is 0 Å². The third-order valence-electron chi connectivity index (χ3n) is 3.38. The molecule has 9 nitrogen and oxygen atoms in total. The number of ether oxygens (including phenoxy) is 3. The Hall–Kier alpha value is -3.23. The van der Waals surface area contributed by atoms with Crippen LogP contribution in [0.15, 0.2) is 24.4 Å². The van der Waals surface area contributed by atoms with E-state index < -0.39 is 36.5 Å². The Bertz CT molecular complexity index is 772. The van der Waals surface area contributed by atoms with Crippen LogP contribution in [-0.2, 0) is 23.9 Å². The van der Waals surface area contributed by atoms with Gasteiger partial charge in [-0.05, 0) is 24.1 Å². The third-order valence-corrected chi connectivity index (χ3v) is 3.38. The zero-order chi connectivity index (χ0) is 19.3. The number of amides is 1. The van der Waals surface area contributed by atoms with Crippen molar-refractivity contribution in [1.29, 1.82) is 0 Å². The summed E-state index contributed by atoms with van der Waals surface area (Å²) < 4.78 is 15.0. The van der Waals surface area contributed by atoms with Crippen molar-refractivity contribution in [2.75, 3.05) is 13.2 Å². The molecule has 2 heterocycles. The second-order valence-corrected chi connectivity index (χ2v) is 5.64. The molecule has 0 saturated carbocycles. The number of esters is 3. The average Bonchev–Trinajstić information content (AvgIpc) is 2.62. The number of rotatable bonds is 3. The summed E-state index contributed by atoms with van der Waals surface area (Å²) >= 11 is 0. The van der Waals surface area contributed by atoms with Gasteiger partial charge in [0.1, 0.15) is 13.2 Å². The van der Waals surface area contributed by atoms with E-state index in [0.717, 1.165) is 0 Å². The summed E-state index contributed by atoms with van der Waals surface area (Å²) in [5.41, 5.74) is 0.719. The molecule has 138 valence electrons. The minimum absolute atomic E-state index is 0.0145. The van der Waals surface area contributed by atoms with Gasteiger partial charge in [-0.2, -0.15) is 0 Å². The standard InChI is InChI=1S/C17H18N2O7/c1-9-6-13(21)24-8-12(17(23)25-7-9)19-16(22)14-15(26-11(3)20)10(2)4-5-18-14/h4-5,12H,1,6-8H2,2-3H3,(H,19,22). The number of carbonyl (C=O) groups is 4. The lowest BCUT2D eigenvalue weighted by atomic mass is 10.2. The predicted molar refractivity (Wildman–Crippen MR) is 87.2 cm³/mol. The van der Waals surface area contributed by atoms with Crippen LogP contribution in [0, 0.1) is 6.92 Å². The normalized spacial score (nSPS) is 17.9. The van der Waals surface area contributed by atoms with Crippen LogP contribution in [0.5, 0.6) is 5.75 Å². The van der Waals surface area contributed by atoms with Gasteiger partial charge in [-0.3, -0.25) is 14.4 Å². The highest BCUT2D eigenvalue weighted by atomic mass is 16.6. The van der Waals surface area contributed by atoms with Crippen molar-refractivity contribution in [3.8, 4) is 5.75 Å². The van der Waals surface area contributed by atoms with Crippen molar-refractivity contribution in [3.05, 3.63) is 35.7 Å². The highest BCUT2D eigenvalue weighted by molar-refractivity contribution is 5.98. The molecule has 1 aromatic rings. The molecule has 1 aliphatic rings. The van der Waals surface area contributed by atoms with Gasteiger partial charge in [0, 0.05) is 13.1 Å². The Labute approximate surface area is 149 Å². The Morgan fingerprint density at radius 2 is 2.08 bits per heavy atom. The second-order valence-electron chi connectivity index (χ2n) is 5.64. The Balaban J connectivity index is 2.21. The zero-order valence-corrected chi connectivity index (χ0v) is 14.4. The summed E-state index contributed by atoms with van der Waals surface area (Å²) in [6, 6.07) is 0.335. The molecule has 1 saturated heterocycles. The van der Waals surface area contributed by atoms with Gasteiger partial charge >= 0.3 is 17.9 Å². The van der Waals surface area contributed by atoms with Crippen LogP contribution in [0.1, 0.15) is 29.4 Å². The molecule has 0 aromatic carbocycles. The molecule has 1 aromatic heterocycles. The van der Waals surface area contributed by atoms with E-state index in [1.807, 2.05) is 0 Å². The van der Waals surface area contributed by atoms with Crippen molar-refractivity contribution in [2.24, 2.45) is 0 Å². The van der Waals surface area contributed by atoms with Crippen LogP contribution in [0.2, 0.25) is 0 Å². The van der Waals surface area contributed by atoms with Crippen molar-refractivity contribution < 1.29 is 33.4 Å². The summed E-state index contributed by atoms with van der Waals surface area (Å²) in [5.74, 6) is -2.78. The number of nitrogens with one attached hydrogen (secondary N) is 1. The van der Waals surface area contributed by atoms with Crippen LogP contribution >= 0.6 is 0 Å². The molecule has 0 bridgehead atoms. The second kappa shape index (κ2) is 8.24. The van der Waals surface area contributed by atoms with Gasteiger partial charge in [0.15, 0.2) is 17.5 Å². The molecule has 1 aliphatic heterocycles. The zero-order valence-electron chi connectivity index (χ0n) is 14.4. The summed E-state index contributed by atoms with van der Waals surface area (Å²) in [6.07, 6.45) is 1.28. The lowest BCUT2D eigenvalue weighted by Crippen LogP contribution is -2.45. The van der Waals surface area contributed by atoms with E-state index in [2.05, 4.69) is 16.9 Å². The number of pyridine rings is 1. The number of aryl methyl sites for hydroxylation is 1. The van der Waals surface area contributed by atoms with Gasteiger partial charge in [-0.25, -0.2) is 9.78 Å². The van der Waals surface area contributed by atoms with E-state index in [-0.39, 0.29) is 24.5 Å². The fraction of sp³-hybridized carbons (Fsp3) is 0.353. The number of aromatic nitrogens is 1. The minimum Gasteiger partial charge on any atom is -0.463 e. The van der Waals surface area contributed by atoms with Gasteiger partial charge in [-0.1, -0.05) is 6.58 Å². The van der Waals surface area contributed by atoms with Crippen molar-refractivity contribution in [3.63, 3.8) is 0 Å². The van der Waals surface area contributed by atoms with E-state index in [9.17, 15) is 19.2 Å². The number of nitrogens with zero attached hydrogens (tertiary/aromatic N) is 1. The molecule has 0 radical (unpaired) electrons. The van der Waals surface area contributed by atoms with Gasteiger partial charge in [0.05, 0.1) is 6.42 Å². The smallest absolute Gasteiger partial charge is 0.332 e. The van der Waals surface area contributed by atoms with E-state index in [1.165, 1.54) is 13.1 Å². The molecular formula is C17H18N2O7. The fourth-order valence-corrected chi connectivity index (χ4v) is 2.13. The maximum Gasteiger partial charge on any atom is 0.332 e. The Morgan fingerprint density at radius 1 is 1.35 bits per heavy atom. The summed E-state index contributed by atoms with van der Waals surface area (Å²) in [6.45, 7) is 5.88. The maximum atomic E-state index is 12.5. The lowest BCUT2D eigenvalue weighted by molar-refractivity contribution is -0.149. The number of hydrogen-bond acceptors (Lipinski definition) is 8. The first-order valence-electron chi connectivity index (χ1n) is 7.71. The van der Waals surface area contributed by atoms with E-state index in [4.69, 9.17) is 14.2 Å². The molecule has 2 rings (SSSR count). The minimum atomic E-state index is -1.23. The summed E-state index contributed by atoms with van der Waals surface area (Å²) in [5, 5.41) is 2.38. The average molecular weight is 362 g/mol. The van der Waals surface area contributed by atoms with E-state index >= 15 is 0 Å². The van der Waals surface area contributed by atoms with E-state index in [1.54, 1.807) is 13.0 Å². The first-order chi connectivity index (χ1) is 12.3. The lowest BCUT2D eigenvalue weighted by Gasteiger charge is -2.17. The molecule has 1 unspecified atom stereocenters. The first kappa shape index (κ1) is 19.1. The van der Waals surface area contributed by atoms with Gasteiger partial charge < -0.3 is 19.5 Å². The number of hydrogen-bond donors (Lipinski definition) is 1. The van der Waals surface area contributed by atoms with Crippen LogP contribution in [-0.4, -0.2) is 48.1 Å². The molecular weight excluding hydrogens is 344 g/mol. The highest BCUT2D eigenvalue weighted by Gasteiger charge is 2.29. The molecule has 0 aliphatic carbocycles. The molecule has 1 N–H and O–H groups in total. The fourth-order valence-electron chi connectivity index (χ4n) is 2.13. The number of cyclic esters (lactones) is 2. The van der Waals surface area contributed by atoms with Crippen LogP contribution in [0.4, 0.5) is 0 Å². The van der Waals surface area contributed by atoms with Crippen molar-refractivity contribution in [2.45, 2.75) is 26.3 Å². The summed E-state index contributed by atoms with van der Waals surface area (Å²) in [7, 11) is 0. The molecule has 1 amide bonds. The Morgan fingerprint density at radius 3 is 2.77 bits per heavy atom. The maximum absolute atomic E-state index is 12.5. The van der Waals surface area contributed by atoms with Crippen LogP contribution in [0.3, 0.4) is 0 Å². The largest absolute Gasteiger partial charge is 0.463 e. The van der Waals surface area contributed by atoms with Crippen molar-refractivity contribution in [1.82, 2.24) is 10.3 Å². The molecule has 0 spiro atoms. The molecule has 26 heavy (non-hydrogen) atoms. The SMILES string of the molecule is C=C1COC(=O)C(NC(=O)c2nccc(C)c2OC(C)=O)COC(=O)C1. The monoisotopic (exact) mass is 362 g/mol. The van der Waals surface area contributed by atoms with Gasteiger partial charge in [0.25, 0.3) is 5.91 Å². The van der Waals surface area contributed by atoms with E-state index in [0.29, 0.717) is 11.1 Å². The third kappa shape index (κ3) is 4.88. The quantitative estimate of drug-likeness (QED) is 0.608. The molecule has 1 fully saturated rings. The van der Waals surface area contributed by atoms with Crippen LogP contribution < -0.4 is 10.1 Å². The molecule has 1 atom stereocenters. The topological polar surface area (TPSA) is 121 Å². The van der Waals surface area contributed by atoms with Crippen molar-refractivity contribution >= 4 is 23.8 Å². The van der Waals surface area contributed by atoms with Crippen LogP contribution in [0.25, 0.3) is 0 Å². The molecule has 9 heteroatoms. The predicted octanol–water partition coefficient (Wildman–Crippen LogP) is 0.460.